The Morgan fingerprint density at radius 3 is 2.12 bits per heavy atom. The molecule has 0 radical (unpaired) electrons. The number of halogens is 6. The first-order valence-electron chi connectivity index (χ1n) is 10.0. The third-order valence-corrected chi connectivity index (χ3v) is 7.19. The second-order valence-corrected chi connectivity index (χ2v) is 10.2. The fourth-order valence-corrected chi connectivity index (χ4v) is 4.51. The molecule has 2 aromatic rings. The van der Waals surface area contributed by atoms with E-state index in [1.54, 1.807) is 6.07 Å². The Balaban J connectivity index is 2.15. The van der Waals surface area contributed by atoms with E-state index in [0.29, 0.717) is 31.9 Å². The molecule has 1 saturated carbocycles. The van der Waals surface area contributed by atoms with Crippen LogP contribution in [0.5, 0.6) is 0 Å². The maximum atomic E-state index is 13.9. The minimum Gasteiger partial charge on any atom is -0.367 e. The van der Waals surface area contributed by atoms with Crippen LogP contribution in [0.1, 0.15) is 37.3 Å². The average Bonchev–Trinajstić information content (AvgIpc) is 2.69. The van der Waals surface area contributed by atoms with Crippen LogP contribution in [0.2, 0.25) is 5.02 Å². The summed E-state index contributed by atoms with van der Waals surface area (Å²) in [7, 11) is -4.43. The van der Waals surface area contributed by atoms with Crippen LogP contribution in [0.3, 0.4) is 0 Å². The minimum atomic E-state index is -4.93. The van der Waals surface area contributed by atoms with Crippen molar-refractivity contribution in [1.82, 2.24) is 5.32 Å². The Morgan fingerprint density at radius 2 is 1.65 bits per heavy atom. The summed E-state index contributed by atoms with van der Waals surface area (Å²) in [5.74, 6) is -4.00. The molecule has 1 aliphatic carbocycles. The van der Waals surface area contributed by atoms with Crippen molar-refractivity contribution in [2.24, 2.45) is 0 Å². The summed E-state index contributed by atoms with van der Waals surface area (Å²) in [5.41, 5.74) is -2.73. The highest BCUT2D eigenvalue weighted by atomic mass is 35.5. The van der Waals surface area contributed by atoms with Crippen LogP contribution in [0.15, 0.2) is 58.1 Å². The van der Waals surface area contributed by atoms with E-state index < -0.39 is 49.5 Å². The Labute approximate surface area is 198 Å². The molecule has 12 heteroatoms. The molecular weight excluding hydrogens is 501 g/mol. The van der Waals surface area contributed by atoms with Crippen LogP contribution in [-0.4, -0.2) is 14.5 Å². The first-order valence-corrected chi connectivity index (χ1v) is 11.9. The fraction of sp³-hybridized carbons (Fsp3) is 0.318. The molecular formula is C22H19ClF5N3O2S. The van der Waals surface area contributed by atoms with E-state index in [2.05, 4.69) is 10.6 Å². The summed E-state index contributed by atoms with van der Waals surface area (Å²) in [6.45, 7) is 0.446. The normalized spacial score (nSPS) is 15.7. The first kappa shape index (κ1) is 25.8. The SMILES string of the molecule is CC(F)(F)c1cc(N/C(NC2CCC2)=C(/C#N)S(=O)(=O)c2ccc(Cl)cc2)cc(C(F)(F)F)c1. The van der Waals surface area contributed by atoms with Crippen LogP contribution in [0, 0.1) is 11.3 Å². The van der Waals surface area contributed by atoms with Crippen molar-refractivity contribution in [2.45, 2.75) is 49.2 Å². The molecule has 0 atom stereocenters. The van der Waals surface area contributed by atoms with Crippen LogP contribution in [0.4, 0.5) is 27.6 Å². The first-order chi connectivity index (χ1) is 15.7. The molecule has 0 saturated heterocycles. The maximum absolute atomic E-state index is 13.9. The Hall–Kier alpha value is -2.84. The number of rotatable bonds is 7. The van der Waals surface area contributed by atoms with Crippen LogP contribution >= 0.6 is 11.6 Å². The van der Waals surface area contributed by atoms with E-state index in [0.717, 1.165) is 12.5 Å². The van der Waals surface area contributed by atoms with E-state index in [1.807, 2.05) is 0 Å². The predicted octanol–water partition coefficient (Wildman–Crippen LogP) is 6.19. The number of anilines is 1. The average molecular weight is 520 g/mol. The zero-order valence-electron chi connectivity index (χ0n) is 17.7. The van der Waals surface area contributed by atoms with Crippen molar-refractivity contribution in [1.29, 1.82) is 5.26 Å². The summed E-state index contributed by atoms with van der Waals surface area (Å²) in [5, 5.41) is 15.2. The van der Waals surface area contributed by atoms with E-state index >= 15 is 0 Å². The summed E-state index contributed by atoms with van der Waals surface area (Å²) in [6, 6.07) is 7.97. The largest absolute Gasteiger partial charge is 0.416 e. The topological polar surface area (TPSA) is 82.0 Å². The number of alkyl halides is 5. The highest BCUT2D eigenvalue weighted by Crippen LogP contribution is 2.37. The van der Waals surface area contributed by atoms with Crippen molar-refractivity contribution in [2.75, 3.05) is 5.32 Å². The molecule has 34 heavy (non-hydrogen) atoms. The molecule has 0 spiro atoms. The maximum Gasteiger partial charge on any atom is 0.416 e. The molecule has 0 heterocycles. The molecule has 182 valence electrons. The lowest BCUT2D eigenvalue weighted by Gasteiger charge is -2.30. The summed E-state index contributed by atoms with van der Waals surface area (Å²) in [6.07, 6.45) is -2.85. The third-order valence-electron chi connectivity index (χ3n) is 5.21. The van der Waals surface area contributed by atoms with Gasteiger partial charge < -0.3 is 10.6 Å². The summed E-state index contributed by atoms with van der Waals surface area (Å²) >= 11 is 5.79. The zero-order chi connectivity index (χ0) is 25.3. The van der Waals surface area contributed by atoms with Crippen molar-refractivity contribution < 1.29 is 30.4 Å². The highest BCUT2D eigenvalue weighted by molar-refractivity contribution is 7.95. The van der Waals surface area contributed by atoms with Gasteiger partial charge in [0.1, 0.15) is 11.9 Å². The van der Waals surface area contributed by atoms with Gasteiger partial charge in [-0.1, -0.05) is 11.6 Å². The quantitative estimate of drug-likeness (QED) is 0.337. The van der Waals surface area contributed by atoms with E-state index in [4.69, 9.17) is 11.6 Å². The molecule has 0 aliphatic heterocycles. The van der Waals surface area contributed by atoms with Crippen molar-refractivity contribution >= 4 is 27.1 Å². The molecule has 2 N–H and O–H groups in total. The van der Waals surface area contributed by atoms with E-state index in [9.17, 15) is 35.6 Å². The number of nitrogens with zero attached hydrogens (tertiary/aromatic N) is 1. The monoisotopic (exact) mass is 519 g/mol. The van der Waals surface area contributed by atoms with E-state index in [1.165, 1.54) is 24.3 Å². The smallest absolute Gasteiger partial charge is 0.367 e. The number of nitrogens with one attached hydrogen (secondary N) is 2. The van der Waals surface area contributed by atoms with Gasteiger partial charge in [-0.25, -0.2) is 17.2 Å². The number of nitriles is 1. The standard InChI is InChI=1S/C22H19ClF5N3O2S/c1-21(24,25)13-9-14(22(26,27)28)11-17(10-13)31-20(30-16-3-2-4-16)19(12-29)34(32,33)18-7-5-15(23)6-8-18/h5-11,16,30-31H,2-4H2,1H3/b20-19-. The Bertz CT molecular complexity index is 1210. The molecule has 0 amide bonds. The lowest BCUT2D eigenvalue weighted by Crippen LogP contribution is -2.38. The van der Waals surface area contributed by atoms with Gasteiger partial charge in [0.25, 0.3) is 5.92 Å². The van der Waals surface area contributed by atoms with Crippen molar-refractivity contribution in [3.05, 3.63) is 69.3 Å². The molecule has 1 aliphatic rings. The van der Waals surface area contributed by atoms with Crippen LogP contribution in [-0.2, 0) is 21.9 Å². The van der Waals surface area contributed by atoms with Crippen molar-refractivity contribution in [3.8, 4) is 6.07 Å². The third kappa shape index (κ3) is 5.80. The zero-order valence-corrected chi connectivity index (χ0v) is 19.3. The lowest BCUT2D eigenvalue weighted by molar-refractivity contribution is -0.137. The Kier molecular flexibility index (Phi) is 7.15. The molecule has 3 rings (SSSR count). The van der Waals surface area contributed by atoms with Gasteiger partial charge >= 0.3 is 6.18 Å². The number of hydrogen-bond donors (Lipinski definition) is 2. The number of allylic oxidation sites excluding steroid dienone is 1. The second-order valence-electron chi connectivity index (χ2n) is 7.86. The molecule has 0 bridgehead atoms. The van der Waals surface area contributed by atoms with Gasteiger partial charge in [0, 0.05) is 29.2 Å². The van der Waals surface area contributed by atoms with Gasteiger partial charge in [-0.3, -0.25) is 0 Å². The molecule has 0 aromatic heterocycles. The second kappa shape index (κ2) is 9.43. The van der Waals surface area contributed by atoms with Crippen LogP contribution in [0.25, 0.3) is 0 Å². The molecule has 0 unspecified atom stereocenters. The van der Waals surface area contributed by atoms with Gasteiger partial charge in [0.15, 0.2) is 4.91 Å². The molecule has 1 fully saturated rings. The van der Waals surface area contributed by atoms with Gasteiger partial charge in [-0.05, 0) is 61.7 Å². The number of hydrogen-bond acceptors (Lipinski definition) is 5. The van der Waals surface area contributed by atoms with Crippen LogP contribution < -0.4 is 10.6 Å². The molecule has 5 nitrogen and oxygen atoms in total. The van der Waals surface area contributed by atoms with Gasteiger partial charge in [0.05, 0.1) is 10.5 Å². The summed E-state index contributed by atoms with van der Waals surface area (Å²) < 4.78 is 94.2. The van der Waals surface area contributed by atoms with Crippen molar-refractivity contribution in [3.63, 3.8) is 0 Å². The number of benzene rings is 2. The van der Waals surface area contributed by atoms with Gasteiger partial charge in [-0.2, -0.15) is 18.4 Å². The summed E-state index contributed by atoms with van der Waals surface area (Å²) in [4.78, 5) is -1.07. The van der Waals surface area contributed by atoms with E-state index in [-0.39, 0.29) is 16.0 Å². The molecule has 2 aromatic carbocycles. The Morgan fingerprint density at radius 1 is 1.06 bits per heavy atom. The lowest BCUT2D eigenvalue weighted by atomic mass is 9.93. The fourth-order valence-electron chi connectivity index (χ4n) is 3.16. The highest BCUT2D eigenvalue weighted by Gasteiger charge is 2.35. The van der Waals surface area contributed by atoms with Gasteiger partial charge in [0.2, 0.25) is 9.84 Å². The predicted molar refractivity (Wildman–Crippen MR) is 117 cm³/mol. The number of sulfone groups is 1. The minimum absolute atomic E-state index is 0.246. The van der Waals surface area contributed by atoms with Gasteiger partial charge in [-0.15, -0.1) is 0 Å².